The minimum Gasteiger partial charge on any atom is -0.309 e. The molecule has 2 heterocycles. The van der Waals surface area contributed by atoms with E-state index in [2.05, 4.69) is 112 Å². The molecule has 0 N–H and O–H groups in total. The van der Waals surface area contributed by atoms with E-state index in [1.807, 2.05) is 66.7 Å². The molecule has 0 amide bonds. The molecule has 0 unspecified atom stereocenters. The van der Waals surface area contributed by atoms with Crippen LogP contribution in [0.1, 0.15) is 16.7 Å². The zero-order valence-corrected chi connectivity index (χ0v) is 26.7. The Hall–Kier alpha value is -7.39. The number of rotatable bonds is 4. The molecule has 230 valence electrons. The largest absolute Gasteiger partial charge is 0.309 e. The molecular formula is C45H25N5. The van der Waals surface area contributed by atoms with Gasteiger partial charge in [0.25, 0.3) is 0 Å². The number of hydrogen-bond donors (Lipinski definition) is 0. The third-order valence-electron chi connectivity index (χ3n) is 9.62. The van der Waals surface area contributed by atoms with Crippen LogP contribution in [0.3, 0.4) is 0 Å². The van der Waals surface area contributed by atoms with Gasteiger partial charge < -0.3 is 9.13 Å². The van der Waals surface area contributed by atoms with E-state index in [1.165, 1.54) is 0 Å². The van der Waals surface area contributed by atoms with Gasteiger partial charge in [-0.15, -0.1) is 0 Å². The van der Waals surface area contributed by atoms with Crippen LogP contribution in [0, 0.1) is 34.0 Å². The average Bonchev–Trinajstić information content (AvgIpc) is 3.69. The summed E-state index contributed by atoms with van der Waals surface area (Å²) in [6.07, 6.45) is 0. The number of benzene rings is 7. The van der Waals surface area contributed by atoms with Gasteiger partial charge in [0.15, 0.2) is 0 Å². The summed E-state index contributed by atoms with van der Waals surface area (Å²) in [6.45, 7) is 0. The van der Waals surface area contributed by atoms with E-state index in [9.17, 15) is 15.8 Å². The fourth-order valence-corrected chi connectivity index (χ4v) is 7.49. The molecule has 50 heavy (non-hydrogen) atoms. The first-order valence-corrected chi connectivity index (χ1v) is 16.3. The predicted molar refractivity (Wildman–Crippen MR) is 200 cm³/mol. The van der Waals surface area contributed by atoms with Crippen LogP contribution in [0.25, 0.3) is 77.2 Å². The van der Waals surface area contributed by atoms with Crippen molar-refractivity contribution in [3.8, 4) is 51.8 Å². The molecular weight excluding hydrogens is 611 g/mol. The maximum atomic E-state index is 10.5. The van der Waals surface area contributed by atoms with Gasteiger partial charge in [0.05, 0.1) is 62.7 Å². The molecule has 9 rings (SSSR count). The molecule has 9 aromatic rings. The molecule has 0 aliphatic rings. The lowest BCUT2D eigenvalue weighted by atomic mass is 9.90. The number of para-hydroxylation sites is 2. The Balaban J connectivity index is 1.29. The first kappa shape index (κ1) is 28.8. The third-order valence-corrected chi connectivity index (χ3v) is 9.62. The molecule has 0 aliphatic carbocycles. The fourth-order valence-electron chi connectivity index (χ4n) is 7.49. The van der Waals surface area contributed by atoms with Gasteiger partial charge in [-0.25, -0.2) is 0 Å². The zero-order chi connectivity index (χ0) is 33.8. The number of nitrogens with zero attached hydrogens (tertiary/aromatic N) is 5. The van der Waals surface area contributed by atoms with Crippen LogP contribution >= 0.6 is 0 Å². The molecule has 0 atom stereocenters. The maximum Gasteiger partial charge on any atom is 0.0998 e. The first-order chi connectivity index (χ1) is 24.7. The number of aromatic nitrogens is 2. The van der Waals surface area contributed by atoms with E-state index in [4.69, 9.17) is 0 Å². The Labute approximate surface area is 287 Å². The summed E-state index contributed by atoms with van der Waals surface area (Å²) in [5.74, 6) is 0. The van der Waals surface area contributed by atoms with E-state index < -0.39 is 0 Å². The van der Waals surface area contributed by atoms with Gasteiger partial charge in [-0.2, -0.15) is 15.8 Å². The Morgan fingerprint density at radius 3 is 1.76 bits per heavy atom. The topological polar surface area (TPSA) is 81.2 Å². The van der Waals surface area contributed by atoms with Crippen LogP contribution in [0.5, 0.6) is 0 Å². The highest BCUT2D eigenvalue weighted by atomic mass is 15.0. The number of nitriles is 3. The molecule has 0 aliphatic heterocycles. The lowest BCUT2D eigenvalue weighted by Gasteiger charge is -2.19. The molecule has 0 fully saturated rings. The molecule has 7 aromatic carbocycles. The fraction of sp³-hybridized carbons (Fsp3) is 0. The summed E-state index contributed by atoms with van der Waals surface area (Å²) < 4.78 is 4.43. The van der Waals surface area contributed by atoms with Crippen molar-refractivity contribution in [3.05, 3.63) is 168 Å². The maximum absolute atomic E-state index is 10.5. The normalized spacial score (nSPS) is 11.1. The third kappa shape index (κ3) is 4.31. The van der Waals surface area contributed by atoms with Gasteiger partial charge in [-0.3, -0.25) is 0 Å². The van der Waals surface area contributed by atoms with Crippen molar-refractivity contribution in [1.29, 1.82) is 15.8 Å². The van der Waals surface area contributed by atoms with Gasteiger partial charge in [0.1, 0.15) is 0 Å². The smallest absolute Gasteiger partial charge is 0.0998 e. The first-order valence-electron chi connectivity index (χ1n) is 16.3. The zero-order valence-electron chi connectivity index (χ0n) is 26.7. The molecule has 0 spiro atoms. The van der Waals surface area contributed by atoms with Crippen molar-refractivity contribution < 1.29 is 0 Å². The predicted octanol–water partition coefficient (Wildman–Crippen LogP) is 10.8. The standard InChI is InChI=1S/C45H25N5/c46-26-29-20-22-42-39(23-29)37-21-19-30(27-47)24-44(37)49(42)33-11-7-9-31(25-33)34-12-1-2-15-38(34)45-32(28-48)10-8-18-43(45)50-40-16-5-3-13-35(40)36-14-4-6-17-41(36)50/h1-25H. The number of fused-ring (bicyclic) bond motifs is 6. The second kappa shape index (κ2) is 11.4. The van der Waals surface area contributed by atoms with Crippen LogP contribution in [0.15, 0.2) is 152 Å². The van der Waals surface area contributed by atoms with Crippen LogP contribution in [0.4, 0.5) is 0 Å². The molecule has 0 radical (unpaired) electrons. The summed E-state index contributed by atoms with van der Waals surface area (Å²) in [7, 11) is 0. The van der Waals surface area contributed by atoms with E-state index in [0.29, 0.717) is 16.7 Å². The minimum absolute atomic E-state index is 0.564. The summed E-state index contributed by atoms with van der Waals surface area (Å²) in [6, 6.07) is 57.8. The van der Waals surface area contributed by atoms with Gasteiger partial charge in [-0.1, -0.05) is 84.9 Å². The van der Waals surface area contributed by atoms with Crippen molar-refractivity contribution in [2.45, 2.75) is 0 Å². The SMILES string of the molecule is N#Cc1ccc2c(c1)c1ccc(C#N)cc1n2-c1cccc(-c2ccccc2-c2c(C#N)cccc2-n2c3ccccc3c3ccccc32)c1. The lowest BCUT2D eigenvalue weighted by Crippen LogP contribution is -2.00. The van der Waals surface area contributed by atoms with Gasteiger partial charge in [0.2, 0.25) is 0 Å². The highest BCUT2D eigenvalue weighted by molar-refractivity contribution is 6.11. The van der Waals surface area contributed by atoms with E-state index in [0.717, 1.165) is 77.2 Å². The summed E-state index contributed by atoms with van der Waals surface area (Å²) in [5, 5.41) is 34.2. The van der Waals surface area contributed by atoms with E-state index in [-0.39, 0.29) is 0 Å². The monoisotopic (exact) mass is 635 g/mol. The van der Waals surface area contributed by atoms with E-state index >= 15 is 0 Å². The second-order valence-corrected chi connectivity index (χ2v) is 12.3. The minimum atomic E-state index is 0.564. The molecule has 5 nitrogen and oxygen atoms in total. The van der Waals surface area contributed by atoms with Crippen molar-refractivity contribution in [1.82, 2.24) is 9.13 Å². The van der Waals surface area contributed by atoms with Crippen molar-refractivity contribution in [3.63, 3.8) is 0 Å². The Bertz CT molecular complexity index is 2920. The second-order valence-electron chi connectivity index (χ2n) is 12.3. The van der Waals surface area contributed by atoms with Gasteiger partial charge in [-0.05, 0) is 83.4 Å². The number of hydrogen-bond acceptors (Lipinski definition) is 3. The van der Waals surface area contributed by atoms with Gasteiger partial charge in [0, 0.05) is 32.8 Å². The van der Waals surface area contributed by atoms with Crippen LogP contribution < -0.4 is 0 Å². The average molecular weight is 636 g/mol. The summed E-state index contributed by atoms with van der Waals surface area (Å²) >= 11 is 0. The van der Waals surface area contributed by atoms with Crippen LogP contribution in [-0.2, 0) is 0 Å². The highest BCUT2D eigenvalue weighted by Gasteiger charge is 2.21. The summed E-state index contributed by atoms with van der Waals surface area (Å²) in [4.78, 5) is 0. The Morgan fingerprint density at radius 1 is 0.400 bits per heavy atom. The van der Waals surface area contributed by atoms with Crippen molar-refractivity contribution in [2.75, 3.05) is 0 Å². The molecule has 0 bridgehead atoms. The summed E-state index contributed by atoms with van der Waals surface area (Å²) in [5.41, 5.74) is 11.4. The highest BCUT2D eigenvalue weighted by Crippen LogP contribution is 2.42. The molecule has 5 heteroatoms. The van der Waals surface area contributed by atoms with Crippen LogP contribution in [-0.4, -0.2) is 9.13 Å². The quantitative estimate of drug-likeness (QED) is 0.193. The molecule has 0 saturated carbocycles. The molecule has 0 saturated heterocycles. The van der Waals surface area contributed by atoms with Crippen molar-refractivity contribution in [2.24, 2.45) is 0 Å². The van der Waals surface area contributed by atoms with E-state index in [1.54, 1.807) is 0 Å². The Morgan fingerprint density at radius 2 is 1.02 bits per heavy atom. The van der Waals surface area contributed by atoms with Crippen LogP contribution in [0.2, 0.25) is 0 Å². The van der Waals surface area contributed by atoms with Gasteiger partial charge >= 0.3 is 0 Å². The Kier molecular flexibility index (Phi) is 6.56. The van der Waals surface area contributed by atoms with Crippen molar-refractivity contribution >= 4 is 43.6 Å². The molecule has 2 aromatic heterocycles. The lowest BCUT2D eigenvalue weighted by molar-refractivity contribution is 1.18.